The van der Waals surface area contributed by atoms with Gasteiger partial charge in [0.1, 0.15) is 0 Å². The molecule has 1 N–H and O–H groups in total. The van der Waals surface area contributed by atoms with Crippen LogP contribution in [0, 0.1) is 5.92 Å². The Hall–Kier alpha value is -1.84. The maximum absolute atomic E-state index is 11.5. The lowest BCUT2D eigenvalue weighted by Crippen LogP contribution is -2.13. The lowest BCUT2D eigenvalue weighted by Gasteiger charge is -2.07. The molecule has 0 radical (unpaired) electrons. The van der Waals surface area contributed by atoms with Crippen LogP contribution in [-0.4, -0.2) is 19.0 Å². The molecule has 4 nitrogen and oxygen atoms in total. The predicted octanol–water partition coefficient (Wildman–Crippen LogP) is 2.39. The molecule has 0 aliphatic rings. The number of carbonyl (C=O) groups excluding carboxylic acids is 2. The second-order valence-corrected chi connectivity index (χ2v) is 4.60. The summed E-state index contributed by atoms with van der Waals surface area (Å²) in [6.45, 7) is 4.00. The van der Waals surface area contributed by atoms with Crippen molar-refractivity contribution in [3.63, 3.8) is 0 Å². The monoisotopic (exact) mass is 249 g/mol. The second-order valence-electron chi connectivity index (χ2n) is 4.60. The highest BCUT2D eigenvalue weighted by molar-refractivity contribution is 5.90. The van der Waals surface area contributed by atoms with E-state index in [0.29, 0.717) is 12.3 Å². The SMILES string of the molecule is COC(=O)Cc1ccc(NC(=O)CC(C)C)cc1. The topological polar surface area (TPSA) is 55.4 Å². The normalized spacial score (nSPS) is 10.2. The molecule has 0 fully saturated rings. The van der Waals surface area contributed by atoms with Gasteiger partial charge in [0.05, 0.1) is 13.5 Å². The average molecular weight is 249 g/mol. The third-order valence-corrected chi connectivity index (χ3v) is 2.41. The number of ether oxygens (including phenoxy) is 1. The van der Waals surface area contributed by atoms with Crippen molar-refractivity contribution in [1.29, 1.82) is 0 Å². The summed E-state index contributed by atoms with van der Waals surface area (Å²) >= 11 is 0. The van der Waals surface area contributed by atoms with Crippen molar-refractivity contribution in [3.8, 4) is 0 Å². The van der Waals surface area contributed by atoms with Crippen molar-refractivity contribution in [3.05, 3.63) is 29.8 Å². The summed E-state index contributed by atoms with van der Waals surface area (Å²) in [5.41, 5.74) is 1.61. The van der Waals surface area contributed by atoms with Crippen molar-refractivity contribution in [2.45, 2.75) is 26.7 Å². The molecule has 0 unspecified atom stereocenters. The van der Waals surface area contributed by atoms with E-state index in [1.165, 1.54) is 7.11 Å². The van der Waals surface area contributed by atoms with Crippen molar-refractivity contribution >= 4 is 17.6 Å². The van der Waals surface area contributed by atoms with Crippen molar-refractivity contribution in [1.82, 2.24) is 0 Å². The molecular formula is C14H19NO3. The van der Waals surface area contributed by atoms with Crippen LogP contribution in [0.1, 0.15) is 25.8 Å². The van der Waals surface area contributed by atoms with Crippen molar-refractivity contribution in [2.75, 3.05) is 12.4 Å². The fourth-order valence-corrected chi connectivity index (χ4v) is 1.53. The summed E-state index contributed by atoms with van der Waals surface area (Å²) in [6, 6.07) is 7.19. The number of amides is 1. The summed E-state index contributed by atoms with van der Waals surface area (Å²) in [5.74, 6) is 0.0703. The van der Waals surface area contributed by atoms with Crippen LogP contribution < -0.4 is 5.32 Å². The Labute approximate surface area is 107 Å². The first kappa shape index (κ1) is 14.2. The molecule has 0 aliphatic heterocycles. The third-order valence-electron chi connectivity index (χ3n) is 2.41. The van der Waals surface area contributed by atoms with Crippen LogP contribution in [0.25, 0.3) is 0 Å². The van der Waals surface area contributed by atoms with E-state index in [9.17, 15) is 9.59 Å². The molecule has 0 heterocycles. The number of methoxy groups -OCH3 is 1. The Balaban J connectivity index is 2.55. The van der Waals surface area contributed by atoms with Gasteiger partial charge in [-0.3, -0.25) is 9.59 Å². The van der Waals surface area contributed by atoms with Crippen LogP contribution in [0.15, 0.2) is 24.3 Å². The lowest BCUT2D eigenvalue weighted by molar-refractivity contribution is -0.139. The van der Waals surface area contributed by atoms with Crippen LogP contribution in [0.5, 0.6) is 0 Å². The Morgan fingerprint density at radius 2 is 1.83 bits per heavy atom. The molecule has 1 aromatic rings. The van der Waals surface area contributed by atoms with Crippen LogP contribution >= 0.6 is 0 Å². The summed E-state index contributed by atoms with van der Waals surface area (Å²) in [5, 5.41) is 2.81. The van der Waals surface area contributed by atoms with Gasteiger partial charge in [-0.2, -0.15) is 0 Å². The van der Waals surface area contributed by atoms with Gasteiger partial charge < -0.3 is 10.1 Å². The fourth-order valence-electron chi connectivity index (χ4n) is 1.53. The number of hydrogen-bond donors (Lipinski definition) is 1. The van der Waals surface area contributed by atoms with Crippen molar-refractivity contribution < 1.29 is 14.3 Å². The molecule has 0 saturated carbocycles. The van der Waals surface area contributed by atoms with Gasteiger partial charge in [0.15, 0.2) is 0 Å². The summed E-state index contributed by atoms with van der Waals surface area (Å²) in [7, 11) is 1.36. The van der Waals surface area contributed by atoms with Crippen LogP contribution in [0.3, 0.4) is 0 Å². The standard InChI is InChI=1S/C14H19NO3/c1-10(2)8-13(16)15-12-6-4-11(5-7-12)9-14(17)18-3/h4-7,10H,8-9H2,1-3H3,(H,15,16). The van der Waals surface area contributed by atoms with E-state index in [0.717, 1.165) is 11.3 Å². The summed E-state index contributed by atoms with van der Waals surface area (Å²) in [4.78, 5) is 22.6. The molecule has 1 rings (SSSR count). The number of benzene rings is 1. The zero-order chi connectivity index (χ0) is 13.5. The van der Waals surface area contributed by atoms with E-state index in [-0.39, 0.29) is 18.3 Å². The van der Waals surface area contributed by atoms with Gasteiger partial charge in [0.25, 0.3) is 0 Å². The number of esters is 1. The highest BCUT2D eigenvalue weighted by atomic mass is 16.5. The quantitative estimate of drug-likeness (QED) is 0.815. The molecule has 18 heavy (non-hydrogen) atoms. The molecule has 1 aromatic carbocycles. The molecular weight excluding hydrogens is 230 g/mol. The minimum absolute atomic E-state index is 0.00529. The first-order chi connectivity index (χ1) is 8.51. The van der Waals surface area contributed by atoms with Crippen LogP contribution in [0.4, 0.5) is 5.69 Å². The van der Waals surface area contributed by atoms with Gasteiger partial charge in [-0.05, 0) is 23.6 Å². The Morgan fingerprint density at radius 3 is 2.33 bits per heavy atom. The highest BCUT2D eigenvalue weighted by Gasteiger charge is 2.06. The maximum atomic E-state index is 11.5. The number of carbonyl (C=O) groups is 2. The first-order valence-corrected chi connectivity index (χ1v) is 5.97. The van der Waals surface area contributed by atoms with E-state index in [1.807, 2.05) is 26.0 Å². The van der Waals surface area contributed by atoms with Gasteiger partial charge in [0.2, 0.25) is 5.91 Å². The van der Waals surface area contributed by atoms with Gasteiger partial charge in [0, 0.05) is 12.1 Å². The minimum Gasteiger partial charge on any atom is -0.469 e. The van der Waals surface area contributed by atoms with E-state index in [1.54, 1.807) is 12.1 Å². The van der Waals surface area contributed by atoms with E-state index in [2.05, 4.69) is 10.1 Å². The smallest absolute Gasteiger partial charge is 0.309 e. The van der Waals surface area contributed by atoms with E-state index in [4.69, 9.17) is 0 Å². The molecule has 0 aliphatic carbocycles. The summed E-state index contributed by atoms with van der Waals surface area (Å²) in [6.07, 6.45) is 0.751. The van der Waals surface area contributed by atoms with Gasteiger partial charge in [-0.1, -0.05) is 26.0 Å². The highest BCUT2D eigenvalue weighted by Crippen LogP contribution is 2.12. The average Bonchev–Trinajstić information content (AvgIpc) is 2.30. The molecule has 0 aromatic heterocycles. The molecule has 98 valence electrons. The first-order valence-electron chi connectivity index (χ1n) is 5.97. The van der Waals surface area contributed by atoms with Crippen LogP contribution in [0.2, 0.25) is 0 Å². The van der Waals surface area contributed by atoms with E-state index >= 15 is 0 Å². The minimum atomic E-state index is -0.272. The van der Waals surface area contributed by atoms with Crippen molar-refractivity contribution in [2.24, 2.45) is 5.92 Å². The molecule has 0 saturated heterocycles. The maximum Gasteiger partial charge on any atom is 0.309 e. The summed E-state index contributed by atoms with van der Waals surface area (Å²) < 4.78 is 4.58. The van der Waals surface area contributed by atoms with Crippen LogP contribution in [-0.2, 0) is 20.7 Å². The molecule has 4 heteroatoms. The van der Waals surface area contributed by atoms with Gasteiger partial charge >= 0.3 is 5.97 Å². The number of hydrogen-bond acceptors (Lipinski definition) is 3. The number of nitrogens with one attached hydrogen (secondary N) is 1. The fraction of sp³-hybridized carbons (Fsp3) is 0.429. The lowest BCUT2D eigenvalue weighted by atomic mass is 10.1. The molecule has 0 atom stereocenters. The largest absolute Gasteiger partial charge is 0.469 e. The molecule has 0 spiro atoms. The van der Waals surface area contributed by atoms with Gasteiger partial charge in [-0.15, -0.1) is 0 Å². The third kappa shape index (κ3) is 4.99. The number of rotatable bonds is 5. The Morgan fingerprint density at radius 1 is 1.22 bits per heavy atom. The zero-order valence-electron chi connectivity index (χ0n) is 11.0. The number of anilines is 1. The predicted molar refractivity (Wildman–Crippen MR) is 70.2 cm³/mol. The van der Waals surface area contributed by atoms with Gasteiger partial charge in [-0.25, -0.2) is 0 Å². The second kappa shape index (κ2) is 6.79. The zero-order valence-corrected chi connectivity index (χ0v) is 11.0. The Kier molecular flexibility index (Phi) is 5.36. The molecule has 0 bridgehead atoms. The Bertz CT molecular complexity index is 410. The van der Waals surface area contributed by atoms with E-state index < -0.39 is 0 Å². The molecule has 1 amide bonds.